The first-order valence-corrected chi connectivity index (χ1v) is 6.71. The normalized spacial score (nSPS) is 13.2. The van der Waals surface area contributed by atoms with Crippen LogP contribution in [0.25, 0.3) is 0 Å². The first kappa shape index (κ1) is 18.4. The van der Waals surface area contributed by atoms with Crippen LogP contribution in [0, 0.1) is 5.92 Å². The van der Waals surface area contributed by atoms with Crippen LogP contribution in [0.5, 0.6) is 0 Å². The minimum absolute atomic E-state index is 0.0602. The number of rotatable bonds is 4. The van der Waals surface area contributed by atoms with Gasteiger partial charge in [-0.25, -0.2) is 9.59 Å². The van der Waals surface area contributed by atoms with Crippen LogP contribution in [0.1, 0.15) is 48.5 Å². The fourth-order valence-corrected chi connectivity index (χ4v) is 1.20. The average molecular weight is 282 g/mol. The molecule has 0 saturated heterocycles. The molecule has 0 saturated carbocycles. The molecule has 0 rings (SSSR count). The second-order valence-corrected chi connectivity index (χ2v) is 6.64. The lowest BCUT2D eigenvalue weighted by Gasteiger charge is -2.18. The van der Waals surface area contributed by atoms with Gasteiger partial charge in [-0.15, -0.1) is 0 Å². The summed E-state index contributed by atoms with van der Waals surface area (Å²) in [6.45, 7) is 12.7. The molecule has 20 heavy (non-hydrogen) atoms. The van der Waals surface area contributed by atoms with Gasteiger partial charge in [0.1, 0.15) is 11.2 Å². The Kier molecular flexibility index (Phi) is 6.69. The highest BCUT2D eigenvalue weighted by Crippen LogP contribution is 2.09. The maximum absolute atomic E-state index is 11.5. The predicted molar refractivity (Wildman–Crippen MR) is 79.1 cm³/mol. The Bertz CT molecular complexity index is 354. The summed E-state index contributed by atoms with van der Waals surface area (Å²) in [6.07, 6.45) is 6.09. The summed E-state index contributed by atoms with van der Waals surface area (Å²) in [5, 5.41) is 0. The summed E-state index contributed by atoms with van der Waals surface area (Å²) < 4.78 is 10.3. The van der Waals surface area contributed by atoms with Crippen molar-refractivity contribution in [1.82, 2.24) is 0 Å². The summed E-state index contributed by atoms with van der Waals surface area (Å²) in [7, 11) is 0. The number of allylic oxidation sites excluding steroid dienone is 2. The molecule has 0 atom stereocenters. The van der Waals surface area contributed by atoms with E-state index in [4.69, 9.17) is 9.47 Å². The van der Waals surface area contributed by atoms with Crippen molar-refractivity contribution < 1.29 is 19.1 Å². The van der Waals surface area contributed by atoms with Crippen LogP contribution in [-0.4, -0.2) is 23.1 Å². The molecular formula is C16H26O4. The summed E-state index contributed by atoms with van der Waals surface area (Å²) in [4.78, 5) is 22.9. The third-order valence-electron chi connectivity index (χ3n) is 1.89. The van der Waals surface area contributed by atoms with Crippen molar-refractivity contribution in [1.29, 1.82) is 0 Å². The van der Waals surface area contributed by atoms with Crippen LogP contribution in [0.15, 0.2) is 24.3 Å². The molecule has 114 valence electrons. The molecule has 4 nitrogen and oxygen atoms in total. The molecule has 0 unspecified atom stereocenters. The second kappa shape index (κ2) is 7.27. The van der Waals surface area contributed by atoms with Gasteiger partial charge in [0.05, 0.1) is 0 Å². The highest BCUT2D eigenvalue weighted by Gasteiger charge is 2.15. The molecule has 0 amide bonds. The van der Waals surface area contributed by atoms with E-state index in [1.54, 1.807) is 12.2 Å². The van der Waals surface area contributed by atoms with Crippen LogP contribution in [0.2, 0.25) is 0 Å². The Balaban J connectivity index is 4.32. The van der Waals surface area contributed by atoms with Crippen molar-refractivity contribution in [3.05, 3.63) is 24.3 Å². The minimum atomic E-state index is -0.503. The minimum Gasteiger partial charge on any atom is -0.457 e. The average Bonchev–Trinajstić information content (AvgIpc) is 2.18. The van der Waals surface area contributed by atoms with Gasteiger partial charge in [-0.1, -0.05) is 19.1 Å². The smallest absolute Gasteiger partial charge is 0.330 e. The van der Waals surface area contributed by atoms with E-state index in [9.17, 15) is 9.59 Å². The molecule has 0 aromatic carbocycles. The standard InChI is InChI=1S/C16H26O4/c1-12(8-10-13(17)19-15(2,3)4)9-11-14(18)20-16(5,6)7/h8-12H,1-7H3/b10-8+,11-9+. The topological polar surface area (TPSA) is 52.6 Å². The van der Waals surface area contributed by atoms with Gasteiger partial charge in [-0.3, -0.25) is 0 Å². The number of ether oxygens (including phenoxy) is 2. The first-order valence-electron chi connectivity index (χ1n) is 6.71. The molecular weight excluding hydrogens is 256 g/mol. The monoisotopic (exact) mass is 282 g/mol. The zero-order valence-corrected chi connectivity index (χ0v) is 13.5. The lowest BCUT2D eigenvalue weighted by molar-refractivity contribution is -0.149. The van der Waals surface area contributed by atoms with Crippen LogP contribution >= 0.6 is 0 Å². The Morgan fingerprint density at radius 3 is 1.35 bits per heavy atom. The molecule has 0 aromatic rings. The van der Waals surface area contributed by atoms with Gasteiger partial charge in [0.2, 0.25) is 0 Å². The Labute approximate surface area is 121 Å². The highest BCUT2D eigenvalue weighted by atomic mass is 16.6. The zero-order valence-electron chi connectivity index (χ0n) is 13.5. The van der Waals surface area contributed by atoms with Crippen molar-refractivity contribution in [2.75, 3.05) is 0 Å². The molecule has 0 N–H and O–H groups in total. The van der Waals surface area contributed by atoms with Crippen molar-refractivity contribution in [3.63, 3.8) is 0 Å². The fraction of sp³-hybridized carbons (Fsp3) is 0.625. The third kappa shape index (κ3) is 11.5. The van der Waals surface area contributed by atoms with Crippen molar-refractivity contribution in [2.24, 2.45) is 5.92 Å². The molecule has 0 radical (unpaired) electrons. The number of hydrogen-bond donors (Lipinski definition) is 0. The Morgan fingerprint density at radius 2 is 1.10 bits per heavy atom. The van der Waals surface area contributed by atoms with Crippen molar-refractivity contribution in [3.8, 4) is 0 Å². The lowest BCUT2D eigenvalue weighted by Crippen LogP contribution is -2.22. The maximum atomic E-state index is 11.5. The van der Waals surface area contributed by atoms with Crippen LogP contribution in [-0.2, 0) is 19.1 Å². The van der Waals surface area contributed by atoms with E-state index in [-0.39, 0.29) is 5.92 Å². The second-order valence-electron chi connectivity index (χ2n) is 6.64. The highest BCUT2D eigenvalue weighted by molar-refractivity contribution is 5.83. The zero-order chi connectivity index (χ0) is 16.0. The van der Waals surface area contributed by atoms with Crippen molar-refractivity contribution in [2.45, 2.75) is 59.7 Å². The van der Waals surface area contributed by atoms with E-state index in [1.165, 1.54) is 12.2 Å². The summed E-state index contributed by atoms with van der Waals surface area (Å²) in [5.74, 6) is -0.847. The SMILES string of the molecule is CC(/C=C/C(=O)OC(C)(C)C)/C=C/C(=O)OC(C)(C)C. The van der Waals surface area contributed by atoms with Crippen molar-refractivity contribution >= 4 is 11.9 Å². The summed E-state index contributed by atoms with van der Waals surface area (Å²) in [6, 6.07) is 0. The number of esters is 2. The van der Waals surface area contributed by atoms with E-state index >= 15 is 0 Å². The first-order chi connectivity index (χ1) is 8.89. The van der Waals surface area contributed by atoms with Gasteiger partial charge < -0.3 is 9.47 Å². The summed E-state index contributed by atoms with van der Waals surface area (Å²) in [5.41, 5.74) is -1.01. The van der Waals surface area contributed by atoms with Gasteiger partial charge in [0.15, 0.2) is 0 Å². The predicted octanol–water partition coefficient (Wildman–Crippen LogP) is 3.42. The molecule has 0 aliphatic rings. The molecule has 4 heteroatoms. The molecule has 0 aliphatic carbocycles. The molecule has 0 aromatic heterocycles. The third-order valence-corrected chi connectivity index (χ3v) is 1.89. The maximum Gasteiger partial charge on any atom is 0.330 e. The number of carbonyl (C=O) groups excluding carboxylic acids is 2. The van der Waals surface area contributed by atoms with Gasteiger partial charge in [0.25, 0.3) is 0 Å². The van der Waals surface area contributed by atoms with Crippen LogP contribution in [0.3, 0.4) is 0 Å². The van der Waals surface area contributed by atoms with E-state index in [1.807, 2.05) is 48.5 Å². The fourth-order valence-electron chi connectivity index (χ4n) is 1.20. The van der Waals surface area contributed by atoms with Gasteiger partial charge in [-0.2, -0.15) is 0 Å². The van der Waals surface area contributed by atoms with E-state index in [0.29, 0.717) is 0 Å². The Hall–Kier alpha value is -1.58. The van der Waals surface area contributed by atoms with Crippen LogP contribution < -0.4 is 0 Å². The quantitative estimate of drug-likeness (QED) is 0.585. The number of hydrogen-bond acceptors (Lipinski definition) is 4. The largest absolute Gasteiger partial charge is 0.457 e. The van der Waals surface area contributed by atoms with Gasteiger partial charge in [-0.05, 0) is 47.5 Å². The molecule has 0 heterocycles. The van der Waals surface area contributed by atoms with E-state index < -0.39 is 23.1 Å². The van der Waals surface area contributed by atoms with E-state index in [2.05, 4.69) is 0 Å². The van der Waals surface area contributed by atoms with Gasteiger partial charge in [0, 0.05) is 12.2 Å². The number of carbonyl (C=O) groups is 2. The molecule has 0 spiro atoms. The molecule has 0 bridgehead atoms. The van der Waals surface area contributed by atoms with Gasteiger partial charge >= 0.3 is 11.9 Å². The van der Waals surface area contributed by atoms with Crippen LogP contribution in [0.4, 0.5) is 0 Å². The van der Waals surface area contributed by atoms with E-state index in [0.717, 1.165) is 0 Å². The summed E-state index contributed by atoms with van der Waals surface area (Å²) >= 11 is 0. The Morgan fingerprint density at radius 1 is 0.800 bits per heavy atom. The molecule has 0 fully saturated rings. The molecule has 0 aliphatic heterocycles. The lowest BCUT2D eigenvalue weighted by atomic mass is 10.1.